The summed E-state index contributed by atoms with van der Waals surface area (Å²) in [5, 5.41) is 5.86. The molecule has 6 nitrogen and oxygen atoms in total. The standard InChI is InChI=1S/C23H19F3N4O2/c1-2-14-3-4-16(13-19(14)23(24,25)26)30-22(31)29-15-5-7-17(8-6-15)32-20-10-12-28-21-18(20)9-11-27-21/h3-13H,2H2,1H3,(H,27,28)(H2,29,30,31). The van der Waals surface area contributed by atoms with Crippen LogP contribution in [0.5, 0.6) is 11.5 Å². The van der Waals surface area contributed by atoms with Crippen molar-refractivity contribution in [1.29, 1.82) is 0 Å². The summed E-state index contributed by atoms with van der Waals surface area (Å²) in [6.07, 6.45) is -0.851. The van der Waals surface area contributed by atoms with E-state index in [9.17, 15) is 18.0 Å². The van der Waals surface area contributed by atoms with Crippen molar-refractivity contribution < 1.29 is 22.7 Å². The number of aromatic nitrogens is 2. The zero-order valence-electron chi connectivity index (χ0n) is 17.0. The highest BCUT2D eigenvalue weighted by molar-refractivity contribution is 5.99. The normalized spacial score (nSPS) is 11.4. The molecule has 2 amide bonds. The van der Waals surface area contributed by atoms with E-state index < -0.39 is 17.8 Å². The molecule has 0 aliphatic heterocycles. The van der Waals surface area contributed by atoms with Crippen LogP contribution >= 0.6 is 0 Å². The maximum absolute atomic E-state index is 13.2. The van der Waals surface area contributed by atoms with Gasteiger partial charge in [-0.25, -0.2) is 9.78 Å². The van der Waals surface area contributed by atoms with Crippen molar-refractivity contribution in [3.05, 3.63) is 78.1 Å². The first-order valence-electron chi connectivity index (χ1n) is 9.81. The Morgan fingerprint density at radius 3 is 2.47 bits per heavy atom. The van der Waals surface area contributed by atoms with E-state index in [1.165, 1.54) is 12.1 Å². The molecule has 164 valence electrons. The Morgan fingerprint density at radius 2 is 1.75 bits per heavy atom. The number of benzene rings is 2. The average molecular weight is 440 g/mol. The number of hydrogen-bond donors (Lipinski definition) is 3. The van der Waals surface area contributed by atoms with Crippen LogP contribution in [0.15, 0.2) is 67.0 Å². The minimum absolute atomic E-state index is 0.0557. The lowest BCUT2D eigenvalue weighted by atomic mass is 10.0. The van der Waals surface area contributed by atoms with Crippen LogP contribution in [-0.2, 0) is 12.6 Å². The fourth-order valence-corrected chi connectivity index (χ4v) is 3.28. The number of rotatable bonds is 5. The van der Waals surface area contributed by atoms with Crippen LogP contribution < -0.4 is 15.4 Å². The van der Waals surface area contributed by atoms with Gasteiger partial charge in [0, 0.05) is 23.8 Å². The predicted octanol–water partition coefficient (Wildman–Crippen LogP) is 6.58. The molecule has 4 aromatic rings. The smallest absolute Gasteiger partial charge is 0.416 e. The van der Waals surface area contributed by atoms with Crippen molar-refractivity contribution in [3.8, 4) is 11.5 Å². The zero-order chi connectivity index (χ0) is 22.7. The number of nitrogens with zero attached hydrogens (tertiary/aromatic N) is 1. The average Bonchev–Trinajstić information content (AvgIpc) is 3.24. The summed E-state index contributed by atoms with van der Waals surface area (Å²) in [6.45, 7) is 1.65. The molecular formula is C23H19F3N4O2. The Kier molecular flexibility index (Phi) is 5.72. The van der Waals surface area contributed by atoms with Gasteiger partial charge in [-0.05, 0) is 60.5 Å². The maximum Gasteiger partial charge on any atom is 0.416 e. The van der Waals surface area contributed by atoms with E-state index >= 15 is 0 Å². The fourth-order valence-electron chi connectivity index (χ4n) is 3.28. The number of aromatic amines is 1. The van der Waals surface area contributed by atoms with Gasteiger partial charge >= 0.3 is 12.2 Å². The van der Waals surface area contributed by atoms with Crippen LogP contribution in [0.2, 0.25) is 0 Å². The first kappa shape index (κ1) is 21.2. The molecule has 0 aliphatic carbocycles. The molecule has 9 heteroatoms. The summed E-state index contributed by atoms with van der Waals surface area (Å²) in [4.78, 5) is 19.5. The Bertz CT molecular complexity index is 1250. The molecule has 0 radical (unpaired) electrons. The van der Waals surface area contributed by atoms with E-state index in [1.54, 1.807) is 49.6 Å². The Hall–Kier alpha value is -4.01. The lowest BCUT2D eigenvalue weighted by Crippen LogP contribution is -2.20. The van der Waals surface area contributed by atoms with Crippen LogP contribution in [0, 0.1) is 0 Å². The van der Waals surface area contributed by atoms with E-state index in [0.717, 1.165) is 11.5 Å². The first-order valence-corrected chi connectivity index (χ1v) is 9.81. The van der Waals surface area contributed by atoms with Gasteiger partial charge in [-0.2, -0.15) is 13.2 Å². The van der Waals surface area contributed by atoms with E-state index in [-0.39, 0.29) is 17.7 Å². The van der Waals surface area contributed by atoms with Gasteiger partial charge < -0.3 is 20.4 Å². The number of carbonyl (C=O) groups is 1. The van der Waals surface area contributed by atoms with E-state index in [2.05, 4.69) is 20.6 Å². The predicted molar refractivity (Wildman–Crippen MR) is 116 cm³/mol. The molecule has 0 unspecified atom stereocenters. The highest BCUT2D eigenvalue weighted by Gasteiger charge is 2.33. The Morgan fingerprint density at radius 1 is 1.03 bits per heavy atom. The Balaban J connectivity index is 1.41. The van der Waals surface area contributed by atoms with Gasteiger partial charge in [0.25, 0.3) is 0 Å². The monoisotopic (exact) mass is 440 g/mol. The molecule has 0 aliphatic rings. The minimum atomic E-state index is -4.49. The second kappa shape index (κ2) is 8.62. The highest BCUT2D eigenvalue weighted by Crippen LogP contribution is 2.34. The van der Waals surface area contributed by atoms with Crippen LogP contribution in [0.25, 0.3) is 11.0 Å². The zero-order valence-corrected chi connectivity index (χ0v) is 17.0. The first-order chi connectivity index (χ1) is 15.3. The SMILES string of the molecule is CCc1ccc(NC(=O)Nc2ccc(Oc3ccnc4[nH]ccc34)cc2)cc1C(F)(F)F. The molecule has 32 heavy (non-hydrogen) atoms. The summed E-state index contributed by atoms with van der Waals surface area (Å²) in [6, 6.07) is 13.3. The number of fused-ring (bicyclic) bond motifs is 1. The van der Waals surface area contributed by atoms with Gasteiger partial charge in [-0.3, -0.25) is 0 Å². The number of aryl methyl sites for hydroxylation is 1. The molecule has 4 rings (SSSR count). The molecule has 0 bridgehead atoms. The summed E-state index contributed by atoms with van der Waals surface area (Å²) < 4.78 is 45.5. The van der Waals surface area contributed by atoms with E-state index in [1.807, 2.05) is 6.07 Å². The molecule has 0 spiro atoms. The number of pyridine rings is 1. The van der Waals surface area contributed by atoms with Gasteiger partial charge in [0.05, 0.1) is 10.9 Å². The summed E-state index contributed by atoms with van der Waals surface area (Å²) >= 11 is 0. The topological polar surface area (TPSA) is 79.0 Å². The number of hydrogen-bond acceptors (Lipinski definition) is 3. The molecule has 0 fully saturated rings. The van der Waals surface area contributed by atoms with Crippen molar-refractivity contribution in [1.82, 2.24) is 9.97 Å². The number of nitrogens with one attached hydrogen (secondary N) is 3. The minimum Gasteiger partial charge on any atom is -0.457 e. The summed E-state index contributed by atoms with van der Waals surface area (Å²) in [5.41, 5.74) is 0.632. The third-order valence-corrected chi connectivity index (χ3v) is 4.81. The number of anilines is 2. The fraction of sp³-hybridized carbons (Fsp3) is 0.130. The Labute approximate surface area is 181 Å². The highest BCUT2D eigenvalue weighted by atomic mass is 19.4. The van der Waals surface area contributed by atoms with E-state index in [4.69, 9.17) is 4.74 Å². The molecule has 0 atom stereocenters. The molecule has 0 saturated carbocycles. The van der Waals surface area contributed by atoms with Gasteiger partial charge in [0.1, 0.15) is 17.1 Å². The van der Waals surface area contributed by atoms with Crippen molar-refractivity contribution in [2.75, 3.05) is 10.6 Å². The van der Waals surface area contributed by atoms with Gasteiger partial charge in [-0.15, -0.1) is 0 Å². The second-order valence-electron chi connectivity index (χ2n) is 6.98. The van der Waals surface area contributed by atoms with Crippen molar-refractivity contribution in [3.63, 3.8) is 0 Å². The van der Waals surface area contributed by atoms with E-state index in [0.29, 0.717) is 22.8 Å². The van der Waals surface area contributed by atoms with Gasteiger partial charge in [0.15, 0.2) is 0 Å². The number of halogens is 3. The number of amides is 2. The largest absolute Gasteiger partial charge is 0.457 e. The molecule has 0 saturated heterocycles. The van der Waals surface area contributed by atoms with Gasteiger partial charge in [0.2, 0.25) is 0 Å². The summed E-state index contributed by atoms with van der Waals surface area (Å²) in [7, 11) is 0. The molecular weight excluding hydrogens is 421 g/mol. The van der Waals surface area contributed by atoms with Crippen LogP contribution in [0.4, 0.5) is 29.3 Å². The number of urea groups is 1. The molecule has 3 N–H and O–H groups in total. The number of H-pyrrole nitrogens is 1. The number of ether oxygens (including phenoxy) is 1. The third-order valence-electron chi connectivity index (χ3n) is 4.81. The molecule has 2 aromatic carbocycles. The van der Waals surface area contributed by atoms with Crippen LogP contribution in [0.3, 0.4) is 0 Å². The van der Waals surface area contributed by atoms with Crippen LogP contribution in [0.1, 0.15) is 18.1 Å². The quantitative estimate of drug-likeness (QED) is 0.328. The third kappa shape index (κ3) is 4.66. The molecule has 2 heterocycles. The lowest BCUT2D eigenvalue weighted by Gasteiger charge is -2.14. The van der Waals surface area contributed by atoms with Gasteiger partial charge in [-0.1, -0.05) is 13.0 Å². The van der Waals surface area contributed by atoms with Crippen molar-refractivity contribution in [2.24, 2.45) is 0 Å². The lowest BCUT2D eigenvalue weighted by molar-refractivity contribution is -0.138. The van der Waals surface area contributed by atoms with Crippen LogP contribution in [-0.4, -0.2) is 16.0 Å². The number of alkyl halides is 3. The summed E-state index contributed by atoms with van der Waals surface area (Å²) in [5.74, 6) is 1.18. The number of carbonyl (C=O) groups excluding carboxylic acids is 1. The van der Waals surface area contributed by atoms with Crippen molar-refractivity contribution in [2.45, 2.75) is 19.5 Å². The van der Waals surface area contributed by atoms with Crippen molar-refractivity contribution >= 4 is 28.4 Å². The second-order valence-corrected chi connectivity index (χ2v) is 6.98. The molecule has 2 aromatic heterocycles. The maximum atomic E-state index is 13.2.